The van der Waals surface area contributed by atoms with Gasteiger partial charge in [-0.25, -0.2) is 0 Å². The lowest BCUT2D eigenvalue weighted by Crippen LogP contribution is -2.17. The number of carbonyl (C=O) groups is 1. The molecule has 2 heteroatoms. The Morgan fingerprint density at radius 1 is 0.875 bits per heavy atom. The molecule has 0 aliphatic carbocycles. The molecule has 0 aliphatic heterocycles. The summed E-state index contributed by atoms with van der Waals surface area (Å²) in [6.07, 6.45) is 13.8. The maximum absolute atomic E-state index is 12.0. The highest BCUT2D eigenvalue weighted by atomic mass is 16.5. The Bertz CT molecular complexity index is 413. The van der Waals surface area contributed by atoms with E-state index in [2.05, 4.69) is 19.1 Å². The summed E-state index contributed by atoms with van der Waals surface area (Å²) in [5.41, 5.74) is 1.20. The molecule has 136 valence electrons. The van der Waals surface area contributed by atoms with Gasteiger partial charge in [-0.15, -0.1) is 0 Å². The number of hydrogen-bond acceptors (Lipinski definition) is 2. The molecule has 24 heavy (non-hydrogen) atoms. The predicted octanol–water partition coefficient (Wildman–Crippen LogP) is 6.33. The molecule has 0 heterocycles. The minimum atomic E-state index is -0.0604. The van der Waals surface area contributed by atoms with E-state index in [0.29, 0.717) is 6.61 Å². The molecule has 2 nitrogen and oxygen atoms in total. The van der Waals surface area contributed by atoms with Crippen molar-refractivity contribution < 1.29 is 9.53 Å². The van der Waals surface area contributed by atoms with Gasteiger partial charge in [0.2, 0.25) is 0 Å². The number of carbonyl (C=O) groups excluding carboxylic acids is 1. The Hall–Kier alpha value is -1.31. The third-order valence-corrected chi connectivity index (χ3v) is 4.53. The van der Waals surface area contributed by atoms with Crippen LogP contribution in [0.15, 0.2) is 30.3 Å². The summed E-state index contributed by atoms with van der Waals surface area (Å²) in [6.45, 7) is 4.79. The van der Waals surface area contributed by atoms with Crippen LogP contribution in [0.4, 0.5) is 0 Å². The molecule has 0 spiro atoms. The van der Waals surface area contributed by atoms with E-state index in [9.17, 15) is 4.79 Å². The molecule has 0 aromatic heterocycles. The lowest BCUT2D eigenvalue weighted by molar-refractivity contribution is -0.148. The van der Waals surface area contributed by atoms with Gasteiger partial charge in [0.15, 0.2) is 0 Å². The zero-order chi connectivity index (χ0) is 17.5. The molecule has 1 aromatic carbocycles. The topological polar surface area (TPSA) is 26.3 Å². The van der Waals surface area contributed by atoms with E-state index in [4.69, 9.17) is 4.74 Å². The molecule has 0 fully saturated rings. The van der Waals surface area contributed by atoms with E-state index in [1.54, 1.807) is 0 Å². The van der Waals surface area contributed by atoms with Gasteiger partial charge in [0.25, 0.3) is 0 Å². The quantitative estimate of drug-likeness (QED) is 0.294. The first-order valence-corrected chi connectivity index (χ1v) is 9.94. The third kappa shape index (κ3) is 10.5. The van der Waals surface area contributed by atoms with Crippen LogP contribution in [0.2, 0.25) is 0 Å². The third-order valence-electron chi connectivity index (χ3n) is 4.53. The van der Waals surface area contributed by atoms with Crippen LogP contribution >= 0.6 is 0 Å². The van der Waals surface area contributed by atoms with E-state index in [1.165, 1.54) is 63.4 Å². The van der Waals surface area contributed by atoms with Crippen LogP contribution in [-0.2, 0) is 16.0 Å². The molecule has 1 atom stereocenters. The van der Waals surface area contributed by atoms with Crippen molar-refractivity contribution in [2.45, 2.75) is 84.5 Å². The summed E-state index contributed by atoms with van der Waals surface area (Å²) < 4.78 is 5.41. The second-order valence-electron chi connectivity index (χ2n) is 6.94. The first-order chi connectivity index (χ1) is 11.7. The van der Waals surface area contributed by atoms with Gasteiger partial charge in [0, 0.05) is 0 Å². The summed E-state index contributed by atoms with van der Waals surface area (Å²) >= 11 is 0. The maximum atomic E-state index is 12.0. The van der Waals surface area contributed by atoms with Crippen LogP contribution < -0.4 is 0 Å². The second-order valence-corrected chi connectivity index (χ2v) is 6.94. The van der Waals surface area contributed by atoms with Crippen LogP contribution in [-0.4, -0.2) is 12.6 Å². The summed E-state index contributed by atoms with van der Waals surface area (Å²) in [5, 5.41) is 0. The van der Waals surface area contributed by atoms with Crippen molar-refractivity contribution >= 4 is 5.97 Å². The molecule has 0 saturated carbocycles. The van der Waals surface area contributed by atoms with Crippen molar-refractivity contribution in [2.75, 3.05) is 6.61 Å². The first kappa shape index (κ1) is 20.7. The van der Waals surface area contributed by atoms with Gasteiger partial charge >= 0.3 is 5.97 Å². The zero-order valence-corrected chi connectivity index (χ0v) is 15.8. The molecule has 0 N–H and O–H groups in total. The van der Waals surface area contributed by atoms with Crippen molar-refractivity contribution in [3.05, 3.63) is 35.9 Å². The summed E-state index contributed by atoms with van der Waals surface area (Å²) in [5.74, 6) is -0.120. The molecule has 0 saturated heterocycles. The highest BCUT2D eigenvalue weighted by molar-refractivity contribution is 5.72. The van der Waals surface area contributed by atoms with Crippen LogP contribution in [0.5, 0.6) is 0 Å². The van der Waals surface area contributed by atoms with Crippen LogP contribution in [0, 0.1) is 5.92 Å². The number of ether oxygens (including phenoxy) is 1. The number of esters is 1. The number of rotatable bonds is 14. The van der Waals surface area contributed by atoms with E-state index in [-0.39, 0.29) is 11.9 Å². The van der Waals surface area contributed by atoms with Crippen LogP contribution in [0.3, 0.4) is 0 Å². The molecular formula is C22H36O2. The lowest BCUT2D eigenvalue weighted by atomic mass is 10.0. The largest absolute Gasteiger partial charge is 0.465 e. The van der Waals surface area contributed by atoms with E-state index in [0.717, 1.165) is 12.8 Å². The Labute approximate surface area is 149 Å². The highest BCUT2D eigenvalue weighted by Gasteiger charge is 2.14. The molecular weight excluding hydrogens is 296 g/mol. The average Bonchev–Trinajstić information content (AvgIpc) is 2.60. The number of hydrogen-bond donors (Lipinski definition) is 0. The van der Waals surface area contributed by atoms with Gasteiger partial charge in [0.1, 0.15) is 0 Å². The van der Waals surface area contributed by atoms with E-state index >= 15 is 0 Å². The molecule has 0 radical (unpaired) electrons. The van der Waals surface area contributed by atoms with Gasteiger partial charge in [-0.1, -0.05) is 102 Å². The van der Waals surface area contributed by atoms with E-state index in [1.807, 2.05) is 25.1 Å². The van der Waals surface area contributed by atoms with Crippen molar-refractivity contribution in [1.29, 1.82) is 0 Å². The first-order valence-electron chi connectivity index (χ1n) is 9.94. The van der Waals surface area contributed by atoms with Gasteiger partial charge < -0.3 is 4.74 Å². The Morgan fingerprint density at radius 3 is 2.00 bits per heavy atom. The van der Waals surface area contributed by atoms with Crippen LogP contribution in [0.1, 0.15) is 83.6 Å². The van der Waals surface area contributed by atoms with Gasteiger partial charge in [-0.2, -0.15) is 0 Å². The average molecular weight is 333 g/mol. The Morgan fingerprint density at radius 2 is 1.42 bits per heavy atom. The lowest BCUT2D eigenvalue weighted by Gasteiger charge is -2.11. The minimum absolute atomic E-state index is 0.0597. The van der Waals surface area contributed by atoms with Crippen molar-refractivity contribution in [1.82, 2.24) is 0 Å². The smallest absolute Gasteiger partial charge is 0.308 e. The summed E-state index contributed by atoms with van der Waals surface area (Å²) in [4.78, 5) is 12.0. The summed E-state index contributed by atoms with van der Waals surface area (Å²) in [6, 6.07) is 10.1. The van der Waals surface area contributed by atoms with Crippen molar-refractivity contribution in [3.8, 4) is 0 Å². The minimum Gasteiger partial charge on any atom is -0.465 e. The molecule has 0 aliphatic rings. The monoisotopic (exact) mass is 332 g/mol. The SMILES string of the molecule is CCCCCCCCCCCCOC(=O)C(C)Cc1ccccc1. The van der Waals surface area contributed by atoms with Gasteiger partial charge in [-0.3, -0.25) is 4.79 Å². The fourth-order valence-electron chi connectivity index (χ4n) is 2.96. The van der Waals surface area contributed by atoms with Crippen molar-refractivity contribution in [3.63, 3.8) is 0 Å². The highest BCUT2D eigenvalue weighted by Crippen LogP contribution is 2.12. The fourth-order valence-corrected chi connectivity index (χ4v) is 2.96. The molecule has 1 rings (SSSR count). The molecule has 0 amide bonds. The molecule has 1 unspecified atom stereocenters. The fraction of sp³-hybridized carbons (Fsp3) is 0.682. The number of benzene rings is 1. The number of unbranched alkanes of at least 4 members (excludes halogenated alkanes) is 9. The van der Waals surface area contributed by atoms with Gasteiger partial charge in [-0.05, 0) is 18.4 Å². The molecule has 0 bridgehead atoms. The maximum Gasteiger partial charge on any atom is 0.308 e. The normalized spacial score (nSPS) is 12.1. The summed E-state index contributed by atoms with van der Waals surface area (Å²) in [7, 11) is 0. The molecule has 1 aromatic rings. The Balaban J connectivity index is 1.94. The standard InChI is InChI=1S/C22H36O2/c1-3-4-5-6-7-8-9-10-11-15-18-24-22(23)20(2)19-21-16-13-12-14-17-21/h12-14,16-17,20H,3-11,15,18-19H2,1-2H3. The Kier molecular flexibility index (Phi) is 12.2. The van der Waals surface area contributed by atoms with Crippen molar-refractivity contribution in [2.24, 2.45) is 5.92 Å². The van der Waals surface area contributed by atoms with Gasteiger partial charge in [0.05, 0.1) is 12.5 Å². The van der Waals surface area contributed by atoms with Crippen LogP contribution in [0.25, 0.3) is 0 Å². The zero-order valence-electron chi connectivity index (χ0n) is 15.8. The van der Waals surface area contributed by atoms with E-state index < -0.39 is 0 Å². The second kappa shape index (κ2) is 14.1. The predicted molar refractivity (Wildman–Crippen MR) is 102 cm³/mol.